The van der Waals surface area contributed by atoms with Gasteiger partial charge in [-0.05, 0) is 17.2 Å². The Morgan fingerprint density at radius 2 is 1.90 bits per heavy atom. The van der Waals surface area contributed by atoms with E-state index in [0.717, 1.165) is 11.1 Å². The molecule has 2 aromatic rings. The third-order valence-corrected chi connectivity index (χ3v) is 5.63. The largest absolute Gasteiger partial charge is 0.476 e. The van der Waals surface area contributed by atoms with Gasteiger partial charge in [-0.3, -0.25) is 14.9 Å². The number of hydrogen-bond donors (Lipinski definition) is 1. The highest BCUT2D eigenvalue weighted by molar-refractivity contribution is 6.03. The van der Waals surface area contributed by atoms with E-state index in [1.807, 2.05) is 50.3 Å². The Hall–Kier alpha value is -3.32. The number of allylic oxidation sites excluding steroid dienone is 3. The van der Waals surface area contributed by atoms with Crippen LogP contribution in [0.25, 0.3) is 5.57 Å². The number of rotatable bonds is 6. The molecule has 0 bridgehead atoms. The monoisotopic (exact) mass is 394 g/mol. The Morgan fingerprint density at radius 1 is 1.21 bits per heavy atom. The van der Waals surface area contributed by atoms with Crippen molar-refractivity contribution in [2.75, 3.05) is 13.7 Å². The molecule has 1 aliphatic carbocycles. The molecule has 1 aromatic carbocycles. The van der Waals surface area contributed by atoms with Crippen LogP contribution in [-0.4, -0.2) is 34.5 Å². The molecule has 1 atom stereocenters. The van der Waals surface area contributed by atoms with Crippen molar-refractivity contribution in [2.45, 2.75) is 13.8 Å². The van der Waals surface area contributed by atoms with Crippen LogP contribution in [0.4, 0.5) is 5.69 Å². The topological polar surface area (TPSA) is 103 Å². The first-order valence-corrected chi connectivity index (χ1v) is 9.09. The van der Waals surface area contributed by atoms with E-state index in [-0.39, 0.29) is 17.3 Å². The number of aliphatic hydroxyl groups excluding tert-OH is 1. The van der Waals surface area contributed by atoms with Gasteiger partial charge in [-0.15, -0.1) is 0 Å². The Labute approximate surface area is 168 Å². The molecular weight excluding hydrogens is 372 g/mol. The predicted molar refractivity (Wildman–Crippen MR) is 109 cm³/mol. The number of hydrogen-bond acceptors (Lipinski definition) is 6. The lowest BCUT2D eigenvalue weighted by Gasteiger charge is -2.46. The van der Waals surface area contributed by atoms with Gasteiger partial charge in [0.25, 0.3) is 5.88 Å². The van der Waals surface area contributed by atoms with Crippen molar-refractivity contribution < 1.29 is 19.6 Å². The molecule has 0 aliphatic heterocycles. The van der Waals surface area contributed by atoms with Gasteiger partial charge in [-0.25, -0.2) is 4.98 Å². The van der Waals surface area contributed by atoms with Gasteiger partial charge in [-0.2, -0.15) is 0 Å². The Kier molecular flexibility index (Phi) is 5.35. The van der Waals surface area contributed by atoms with E-state index in [1.54, 1.807) is 12.2 Å². The van der Waals surface area contributed by atoms with Gasteiger partial charge in [0.1, 0.15) is 5.69 Å². The standard InChI is InChI=1S/C22H22N2O5/c1-21(2)16(15-8-5-4-6-9-15)10-7-13-22(21,14-25)19(26)17-11-12-18(24(27)28)20(23-17)29-3/h4-13,25H,14H2,1-3H3. The number of nitro groups is 1. The number of benzene rings is 1. The number of methoxy groups -OCH3 is 1. The highest BCUT2D eigenvalue weighted by Gasteiger charge is 2.52. The normalized spacial score (nSPS) is 20.1. The van der Waals surface area contributed by atoms with Gasteiger partial charge in [0, 0.05) is 11.5 Å². The van der Waals surface area contributed by atoms with Gasteiger partial charge in [-0.1, -0.05) is 62.4 Å². The molecule has 1 aliphatic rings. The van der Waals surface area contributed by atoms with E-state index < -0.39 is 28.1 Å². The Balaban J connectivity index is 2.10. The average Bonchev–Trinajstić information content (AvgIpc) is 2.73. The second-order valence-electron chi connectivity index (χ2n) is 7.37. The van der Waals surface area contributed by atoms with Crippen LogP contribution in [0.2, 0.25) is 0 Å². The minimum atomic E-state index is -1.29. The molecule has 0 radical (unpaired) electrons. The quantitative estimate of drug-likeness (QED) is 0.454. The van der Waals surface area contributed by atoms with Gasteiger partial charge < -0.3 is 9.84 Å². The molecule has 1 aromatic heterocycles. The lowest BCUT2D eigenvalue weighted by atomic mass is 9.56. The SMILES string of the molecule is COc1nc(C(=O)C2(CO)C=CC=C(c3ccccc3)C2(C)C)ccc1[N+](=O)[O-]. The van der Waals surface area contributed by atoms with Crippen molar-refractivity contribution in [1.29, 1.82) is 0 Å². The van der Waals surface area contributed by atoms with Gasteiger partial charge >= 0.3 is 5.69 Å². The number of ether oxygens (including phenoxy) is 1. The molecule has 1 heterocycles. The Morgan fingerprint density at radius 3 is 2.48 bits per heavy atom. The van der Waals surface area contributed by atoms with Crippen LogP contribution < -0.4 is 4.74 Å². The molecule has 3 rings (SSSR count). The summed E-state index contributed by atoms with van der Waals surface area (Å²) in [6, 6.07) is 12.1. The van der Waals surface area contributed by atoms with E-state index in [9.17, 15) is 20.0 Å². The molecular formula is C22H22N2O5. The summed E-state index contributed by atoms with van der Waals surface area (Å²) in [6.45, 7) is 3.35. The zero-order valence-electron chi connectivity index (χ0n) is 16.5. The molecule has 7 heteroatoms. The summed E-state index contributed by atoms with van der Waals surface area (Å²) >= 11 is 0. The highest BCUT2D eigenvalue weighted by atomic mass is 16.6. The van der Waals surface area contributed by atoms with Crippen molar-refractivity contribution in [3.8, 4) is 5.88 Å². The van der Waals surface area contributed by atoms with E-state index in [1.165, 1.54) is 19.2 Å². The van der Waals surface area contributed by atoms with Crippen LogP contribution in [0.1, 0.15) is 29.9 Å². The molecule has 1 unspecified atom stereocenters. The maximum atomic E-state index is 13.6. The maximum Gasteiger partial charge on any atom is 0.330 e. The summed E-state index contributed by atoms with van der Waals surface area (Å²) in [5.41, 5.74) is -0.551. The van der Waals surface area contributed by atoms with Crippen LogP contribution in [0, 0.1) is 20.9 Å². The first kappa shape index (κ1) is 20.4. The van der Waals surface area contributed by atoms with Crippen LogP contribution in [0.3, 0.4) is 0 Å². The minimum absolute atomic E-state index is 0.00598. The fourth-order valence-electron chi connectivity index (χ4n) is 3.80. The van der Waals surface area contributed by atoms with Crippen molar-refractivity contribution in [3.63, 3.8) is 0 Å². The molecule has 0 saturated heterocycles. The summed E-state index contributed by atoms with van der Waals surface area (Å²) < 4.78 is 5.00. The zero-order chi connectivity index (χ0) is 21.2. The van der Waals surface area contributed by atoms with Crippen molar-refractivity contribution >= 4 is 17.0 Å². The molecule has 7 nitrogen and oxygen atoms in total. The third kappa shape index (κ3) is 3.23. The maximum absolute atomic E-state index is 13.6. The number of aromatic nitrogens is 1. The minimum Gasteiger partial charge on any atom is -0.476 e. The fraction of sp³-hybridized carbons (Fsp3) is 0.273. The number of ketones is 1. The van der Waals surface area contributed by atoms with Crippen LogP contribution >= 0.6 is 0 Å². The summed E-state index contributed by atoms with van der Waals surface area (Å²) in [6.07, 6.45) is 5.36. The number of aliphatic hydroxyl groups is 1. The molecule has 0 spiro atoms. The van der Waals surface area contributed by atoms with E-state index in [0.29, 0.717) is 0 Å². The number of Topliss-reactive ketones (excluding diaryl/α,β-unsaturated/α-hetero) is 1. The predicted octanol–water partition coefficient (Wildman–Crippen LogP) is 3.84. The second kappa shape index (κ2) is 7.60. The molecule has 0 saturated carbocycles. The molecule has 1 N–H and O–H groups in total. The smallest absolute Gasteiger partial charge is 0.330 e. The summed E-state index contributed by atoms with van der Waals surface area (Å²) in [7, 11) is 1.26. The first-order valence-electron chi connectivity index (χ1n) is 9.09. The Bertz CT molecular complexity index is 1010. The van der Waals surface area contributed by atoms with Crippen LogP contribution in [0.15, 0.2) is 60.7 Å². The number of carbonyl (C=O) groups excluding carboxylic acids is 1. The van der Waals surface area contributed by atoms with E-state index >= 15 is 0 Å². The number of pyridine rings is 1. The lowest BCUT2D eigenvalue weighted by Crippen LogP contribution is -2.48. The van der Waals surface area contributed by atoms with Crippen molar-refractivity contribution in [1.82, 2.24) is 4.98 Å². The van der Waals surface area contributed by atoms with Crippen LogP contribution in [0.5, 0.6) is 5.88 Å². The third-order valence-electron chi connectivity index (χ3n) is 5.63. The number of carbonyl (C=O) groups is 1. The average molecular weight is 394 g/mol. The number of nitrogens with zero attached hydrogens (tertiary/aromatic N) is 2. The van der Waals surface area contributed by atoms with E-state index in [4.69, 9.17) is 4.74 Å². The van der Waals surface area contributed by atoms with E-state index in [2.05, 4.69) is 4.98 Å². The molecule has 29 heavy (non-hydrogen) atoms. The first-order chi connectivity index (χ1) is 13.8. The summed E-state index contributed by atoms with van der Waals surface area (Å²) in [5, 5.41) is 21.5. The van der Waals surface area contributed by atoms with Crippen molar-refractivity contribution in [2.24, 2.45) is 10.8 Å². The fourth-order valence-corrected chi connectivity index (χ4v) is 3.80. The summed E-state index contributed by atoms with van der Waals surface area (Å²) in [4.78, 5) is 28.1. The molecule has 150 valence electrons. The van der Waals surface area contributed by atoms with Gasteiger partial charge in [0.15, 0.2) is 5.78 Å². The van der Waals surface area contributed by atoms with Crippen LogP contribution in [-0.2, 0) is 0 Å². The van der Waals surface area contributed by atoms with Gasteiger partial charge in [0.2, 0.25) is 0 Å². The highest BCUT2D eigenvalue weighted by Crippen LogP contribution is 2.53. The van der Waals surface area contributed by atoms with Gasteiger partial charge in [0.05, 0.1) is 24.1 Å². The zero-order valence-corrected chi connectivity index (χ0v) is 16.5. The molecule has 0 amide bonds. The van der Waals surface area contributed by atoms with Crippen molar-refractivity contribution in [3.05, 3.63) is 82.1 Å². The summed E-state index contributed by atoms with van der Waals surface area (Å²) in [5.74, 6) is -0.679. The molecule has 0 fully saturated rings. The second-order valence-corrected chi connectivity index (χ2v) is 7.37. The lowest BCUT2D eigenvalue weighted by molar-refractivity contribution is -0.386.